The van der Waals surface area contributed by atoms with Gasteiger partial charge in [-0.05, 0) is 37.5 Å². The van der Waals surface area contributed by atoms with E-state index in [1.807, 2.05) is 0 Å². The van der Waals surface area contributed by atoms with Crippen molar-refractivity contribution in [3.8, 4) is 0 Å². The molecule has 0 atom stereocenters. The summed E-state index contributed by atoms with van der Waals surface area (Å²) in [6.45, 7) is 1.70. The van der Waals surface area contributed by atoms with Gasteiger partial charge in [-0.1, -0.05) is 38.5 Å². The van der Waals surface area contributed by atoms with E-state index in [1.165, 1.54) is 64.2 Å². The Kier molecular flexibility index (Phi) is 9.71. The summed E-state index contributed by atoms with van der Waals surface area (Å²) >= 11 is 0. The third kappa shape index (κ3) is 6.60. The van der Waals surface area contributed by atoms with Gasteiger partial charge in [0.2, 0.25) is 0 Å². The van der Waals surface area contributed by atoms with E-state index < -0.39 is 0 Å². The van der Waals surface area contributed by atoms with E-state index >= 15 is 0 Å². The topological polar surface area (TPSA) is 59.6 Å². The molecule has 0 aromatic heterocycles. The Bertz CT molecular complexity index is 322. The van der Waals surface area contributed by atoms with Gasteiger partial charge in [0, 0.05) is 26.3 Å². The predicted octanol–water partition coefficient (Wildman–Crippen LogP) is 3.83. The minimum Gasteiger partial charge on any atom is -0.385 e. The number of hydrogen-bond donors (Lipinski definition) is 2. The van der Waals surface area contributed by atoms with Gasteiger partial charge in [-0.3, -0.25) is 4.99 Å². The fourth-order valence-electron chi connectivity index (χ4n) is 3.86. The van der Waals surface area contributed by atoms with Gasteiger partial charge in [0.05, 0.1) is 0 Å². The lowest BCUT2D eigenvalue weighted by Crippen LogP contribution is -2.40. The van der Waals surface area contributed by atoms with Crippen LogP contribution in [0.25, 0.3) is 0 Å². The molecule has 0 heterocycles. The normalized spacial score (nSPS) is 22.9. The summed E-state index contributed by atoms with van der Waals surface area (Å²) in [5.74, 6) is 0.658. The van der Waals surface area contributed by atoms with E-state index in [1.54, 1.807) is 7.11 Å². The zero-order chi connectivity index (χ0) is 15.0. The van der Waals surface area contributed by atoms with Gasteiger partial charge in [-0.2, -0.15) is 0 Å². The Balaban J connectivity index is 0.00000242. The maximum absolute atomic E-state index is 6.13. The molecule has 0 aromatic carbocycles. The Hall–Kier alpha value is -0.0400. The Morgan fingerprint density at radius 3 is 2.36 bits per heavy atom. The summed E-state index contributed by atoms with van der Waals surface area (Å²) < 4.78 is 5.28. The van der Waals surface area contributed by atoms with Crippen LogP contribution in [0.5, 0.6) is 0 Å². The van der Waals surface area contributed by atoms with Crippen LogP contribution in [-0.2, 0) is 4.74 Å². The monoisotopic (exact) mass is 423 g/mol. The highest BCUT2D eigenvalue weighted by Crippen LogP contribution is 2.41. The molecule has 2 saturated carbocycles. The molecule has 2 rings (SSSR count). The largest absolute Gasteiger partial charge is 0.385 e. The summed E-state index contributed by atoms with van der Waals surface area (Å²) in [5, 5.41) is 3.45. The quantitative estimate of drug-likeness (QED) is 0.296. The van der Waals surface area contributed by atoms with Crippen LogP contribution in [-0.4, -0.2) is 32.3 Å². The van der Waals surface area contributed by atoms with Gasteiger partial charge >= 0.3 is 0 Å². The molecule has 2 fully saturated rings. The Morgan fingerprint density at radius 2 is 1.77 bits per heavy atom. The molecule has 4 nitrogen and oxygen atoms in total. The lowest BCUT2D eigenvalue weighted by Gasteiger charge is -2.27. The minimum absolute atomic E-state index is 0. The van der Waals surface area contributed by atoms with E-state index in [0.717, 1.165) is 19.6 Å². The molecule has 3 N–H and O–H groups in total. The zero-order valence-corrected chi connectivity index (χ0v) is 16.4. The van der Waals surface area contributed by atoms with Crippen LogP contribution in [0.15, 0.2) is 4.99 Å². The van der Waals surface area contributed by atoms with Crippen LogP contribution in [0.3, 0.4) is 0 Å². The molecule has 2 aliphatic carbocycles. The van der Waals surface area contributed by atoms with Crippen LogP contribution in [0.1, 0.15) is 70.6 Å². The highest BCUT2D eigenvalue weighted by atomic mass is 127. The fraction of sp³-hybridized carbons (Fsp3) is 0.941. The van der Waals surface area contributed by atoms with Crippen molar-refractivity contribution in [1.29, 1.82) is 0 Å². The number of halogens is 1. The molecule has 2 aliphatic rings. The number of methoxy groups -OCH3 is 1. The van der Waals surface area contributed by atoms with Crippen molar-refractivity contribution in [2.24, 2.45) is 16.1 Å². The van der Waals surface area contributed by atoms with Crippen molar-refractivity contribution in [1.82, 2.24) is 5.32 Å². The average molecular weight is 423 g/mol. The number of nitrogens with zero attached hydrogens (tertiary/aromatic N) is 1. The van der Waals surface area contributed by atoms with Crippen molar-refractivity contribution < 1.29 is 4.74 Å². The molecule has 0 bridgehead atoms. The fourth-order valence-corrected chi connectivity index (χ4v) is 3.86. The lowest BCUT2D eigenvalue weighted by molar-refractivity contribution is 0.141. The smallest absolute Gasteiger partial charge is 0.188 e. The molecule has 22 heavy (non-hydrogen) atoms. The van der Waals surface area contributed by atoms with Crippen molar-refractivity contribution in [2.45, 2.75) is 76.7 Å². The SMILES string of the molecule is COCCC1(CN=C(N)NC2CCCCCC2)CCCC1.I. The summed E-state index contributed by atoms with van der Waals surface area (Å²) in [6.07, 6.45) is 14.2. The molecule has 0 unspecified atom stereocenters. The summed E-state index contributed by atoms with van der Waals surface area (Å²) in [7, 11) is 1.79. The number of nitrogens with one attached hydrogen (secondary N) is 1. The maximum atomic E-state index is 6.13. The van der Waals surface area contributed by atoms with Gasteiger partial charge < -0.3 is 15.8 Å². The van der Waals surface area contributed by atoms with Gasteiger partial charge in [-0.25, -0.2) is 0 Å². The molecule has 0 aromatic rings. The minimum atomic E-state index is 0. The summed E-state index contributed by atoms with van der Waals surface area (Å²) in [4.78, 5) is 4.68. The standard InChI is InChI=1S/C17H33N3O.HI/c1-21-13-12-17(10-6-7-11-17)14-19-16(18)20-15-8-4-2-3-5-9-15;/h15H,2-14H2,1H3,(H3,18,19,20);1H. The number of rotatable bonds is 6. The van der Waals surface area contributed by atoms with Crippen LogP contribution in [0.4, 0.5) is 0 Å². The highest BCUT2D eigenvalue weighted by molar-refractivity contribution is 14.0. The number of hydrogen-bond acceptors (Lipinski definition) is 2. The average Bonchev–Trinajstić information content (AvgIpc) is 2.81. The molecular weight excluding hydrogens is 389 g/mol. The number of aliphatic imine (C=N–C) groups is 1. The van der Waals surface area contributed by atoms with Crippen LogP contribution in [0.2, 0.25) is 0 Å². The zero-order valence-electron chi connectivity index (χ0n) is 14.1. The van der Waals surface area contributed by atoms with Gasteiger partial charge in [0.25, 0.3) is 0 Å². The first-order valence-corrected chi connectivity index (χ1v) is 8.79. The second-order valence-corrected chi connectivity index (χ2v) is 6.98. The summed E-state index contributed by atoms with van der Waals surface area (Å²) in [5.41, 5.74) is 6.47. The van der Waals surface area contributed by atoms with Gasteiger partial charge in [0.1, 0.15) is 0 Å². The van der Waals surface area contributed by atoms with Crippen molar-refractivity contribution in [2.75, 3.05) is 20.3 Å². The Morgan fingerprint density at radius 1 is 1.14 bits per heavy atom. The van der Waals surface area contributed by atoms with Gasteiger partial charge in [0.15, 0.2) is 5.96 Å². The van der Waals surface area contributed by atoms with Gasteiger partial charge in [-0.15, -0.1) is 24.0 Å². The van der Waals surface area contributed by atoms with E-state index in [4.69, 9.17) is 10.5 Å². The highest BCUT2D eigenvalue weighted by Gasteiger charge is 2.33. The molecule has 5 heteroatoms. The first-order valence-electron chi connectivity index (χ1n) is 8.79. The van der Waals surface area contributed by atoms with E-state index in [9.17, 15) is 0 Å². The predicted molar refractivity (Wildman–Crippen MR) is 104 cm³/mol. The molecule has 0 amide bonds. The maximum Gasteiger partial charge on any atom is 0.188 e. The van der Waals surface area contributed by atoms with Crippen LogP contribution >= 0.6 is 24.0 Å². The number of guanidine groups is 1. The lowest BCUT2D eigenvalue weighted by atomic mass is 9.83. The molecular formula is C17H34IN3O. The molecule has 0 radical (unpaired) electrons. The van der Waals surface area contributed by atoms with E-state index in [0.29, 0.717) is 17.4 Å². The van der Waals surface area contributed by atoms with Crippen LogP contribution in [0, 0.1) is 5.41 Å². The number of ether oxygens (including phenoxy) is 1. The second-order valence-electron chi connectivity index (χ2n) is 6.98. The second kappa shape index (κ2) is 10.7. The van der Waals surface area contributed by atoms with Crippen molar-refractivity contribution in [3.05, 3.63) is 0 Å². The first kappa shape index (κ1) is 20.0. The first-order chi connectivity index (χ1) is 10.2. The molecule has 0 spiro atoms. The molecule has 130 valence electrons. The van der Waals surface area contributed by atoms with Crippen molar-refractivity contribution in [3.63, 3.8) is 0 Å². The summed E-state index contributed by atoms with van der Waals surface area (Å²) in [6, 6.07) is 0.537. The third-order valence-corrected chi connectivity index (χ3v) is 5.29. The van der Waals surface area contributed by atoms with E-state index in [2.05, 4.69) is 10.3 Å². The number of nitrogens with two attached hydrogens (primary N) is 1. The molecule has 0 aliphatic heterocycles. The van der Waals surface area contributed by atoms with E-state index in [-0.39, 0.29) is 24.0 Å². The van der Waals surface area contributed by atoms with Crippen LogP contribution < -0.4 is 11.1 Å². The molecule has 0 saturated heterocycles. The van der Waals surface area contributed by atoms with Crippen molar-refractivity contribution >= 4 is 29.9 Å². The third-order valence-electron chi connectivity index (χ3n) is 5.29. The Labute approximate surface area is 153 Å².